The molecule has 1 rings (SSSR count). The van der Waals surface area contributed by atoms with Crippen molar-refractivity contribution in [2.75, 3.05) is 13.2 Å². The van der Waals surface area contributed by atoms with Crippen molar-refractivity contribution in [3.05, 3.63) is 23.9 Å². The van der Waals surface area contributed by atoms with Crippen molar-refractivity contribution in [1.29, 1.82) is 0 Å². The zero-order chi connectivity index (χ0) is 18.4. The van der Waals surface area contributed by atoms with Gasteiger partial charge >= 0.3 is 12.3 Å². The maximum absolute atomic E-state index is 12.8. The Morgan fingerprint density at radius 2 is 1.96 bits per heavy atom. The third-order valence-corrected chi connectivity index (χ3v) is 3.85. The summed E-state index contributed by atoms with van der Waals surface area (Å²) in [5, 5.41) is 2.82. The molecule has 0 aliphatic carbocycles. The summed E-state index contributed by atoms with van der Waals surface area (Å²) in [6, 6.07) is 2.48. The average molecular weight is 351 g/mol. The Labute approximate surface area is 137 Å². The molecule has 0 aliphatic rings. The lowest BCUT2D eigenvalue weighted by Gasteiger charge is -2.31. The van der Waals surface area contributed by atoms with Crippen molar-refractivity contribution in [2.45, 2.75) is 44.6 Å². The first-order valence-corrected chi connectivity index (χ1v) is 7.47. The molecule has 0 fully saturated rings. The van der Waals surface area contributed by atoms with Crippen molar-refractivity contribution in [3.8, 4) is 5.88 Å². The Hall–Kier alpha value is -1.90. The monoisotopic (exact) mass is 351 g/mol. The van der Waals surface area contributed by atoms with Crippen molar-refractivity contribution in [1.82, 2.24) is 10.3 Å². The average Bonchev–Trinajstić information content (AvgIpc) is 2.58. The normalized spacial score (nSPS) is 12.3. The highest BCUT2D eigenvalue weighted by atomic mass is 19.3. The molecule has 1 aromatic rings. The molecule has 3 N–H and O–H groups in total. The Morgan fingerprint density at radius 3 is 2.38 bits per heavy atom. The fourth-order valence-corrected chi connectivity index (χ4v) is 1.91. The van der Waals surface area contributed by atoms with Gasteiger partial charge in [-0.1, -0.05) is 13.8 Å². The second-order valence-corrected chi connectivity index (χ2v) is 5.38. The predicted octanol–water partition coefficient (Wildman–Crippen LogP) is 2.61. The molecule has 0 radical (unpaired) electrons. The number of hydrogen-bond donors (Lipinski definition) is 2. The molecule has 1 heterocycles. The summed E-state index contributed by atoms with van der Waals surface area (Å²) in [6.07, 6.45) is -1.42. The second kappa shape index (κ2) is 8.27. The highest BCUT2D eigenvalue weighted by molar-refractivity contribution is 5.94. The summed E-state index contributed by atoms with van der Waals surface area (Å²) in [5.41, 5.74) is 5.35. The van der Waals surface area contributed by atoms with Crippen LogP contribution in [-0.2, 0) is 0 Å². The van der Waals surface area contributed by atoms with Crippen LogP contribution in [0.5, 0.6) is 5.88 Å². The van der Waals surface area contributed by atoms with E-state index >= 15 is 0 Å². The van der Waals surface area contributed by atoms with Gasteiger partial charge in [0.15, 0.2) is 6.61 Å². The third-order valence-electron chi connectivity index (χ3n) is 3.85. The van der Waals surface area contributed by atoms with Gasteiger partial charge in [-0.3, -0.25) is 4.79 Å². The van der Waals surface area contributed by atoms with Crippen molar-refractivity contribution in [2.24, 2.45) is 5.73 Å². The Bertz CT molecular complexity index is 526. The van der Waals surface area contributed by atoms with Crippen LogP contribution in [-0.4, -0.2) is 41.9 Å². The first kappa shape index (κ1) is 20.1. The second-order valence-electron chi connectivity index (χ2n) is 5.38. The Kier molecular flexibility index (Phi) is 6.94. The molecular weight excluding hydrogens is 330 g/mol. The molecule has 0 aliphatic heterocycles. The molecule has 0 atom stereocenters. The van der Waals surface area contributed by atoms with E-state index in [-0.39, 0.29) is 18.0 Å². The standard InChI is InChI=1S/C15H21F4N3O2/c1-3-14(4-2,8-20)22-12(23)10-5-6-11(21-7-10)24-9-15(18,19)13(16)17/h5-7,13H,3-4,8-9,20H2,1-2H3,(H,22,23). The van der Waals surface area contributed by atoms with E-state index in [2.05, 4.69) is 15.0 Å². The van der Waals surface area contributed by atoms with Gasteiger partial charge in [-0.25, -0.2) is 13.8 Å². The number of carbonyl (C=O) groups is 1. The smallest absolute Gasteiger partial charge is 0.340 e. The van der Waals surface area contributed by atoms with Crippen molar-refractivity contribution >= 4 is 5.91 Å². The number of nitrogens with one attached hydrogen (secondary N) is 1. The van der Waals surface area contributed by atoms with Crippen LogP contribution in [0.3, 0.4) is 0 Å². The number of aromatic nitrogens is 1. The zero-order valence-electron chi connectivity index (χ0n) is 13.5. The summed E-state index contributed by atoms with van der Waals surface area (Å²) in [5.74, 6) is -4.95. The fourth-order valence-electron chi connectivity index (χ4n) is 1.91. The number of pyridine rings is 1. The number of ether oxygens (including phenoxy) is 1. The van der Waals surface area contributed by atoms with Gasteiger partial charge in [0.25, 0.3) is 5.91 Å². The van der Waals surface area contributed by atoms with Gasteiger partial charge in [-0.15, -0.1) is 0 Å². The van der Waals surface area contributed by atoms with E-state index in [1.807, 2.05) is 13.8 Å². The molecule has 1 amide bonds. The number of halogens is 4. The summed E-state index contributed by atoms with van der Waals surface area (Å²) in [7, 11) is 0. The van der Waals surface area contributed by atoms with Crippen molar-refractivity contribution in [3.63, 3.8) is 0 Å². The van der Waals surface area contributed by atoms with Crippen LogP contribution in [0.15, 0.2) is 18.3 Å². The maximum Gasteiger partial charge on any atom is 0.340 e. The Morgan fingerprint density at radius 1 is 1.33 bits per heavy atom. The Balaban J connectivity index is 2.72. The van der Waals surface area contributed by atoms with E-state index in [4.69, 9.17) is 5.73 Å². The summed E-state index contributed by atoms with van der Waals surface area (Å²) < 4.78 is 54.1. The van der Waals surface area contributed by atoms with Crippen LogP contribution in [0.1, 0.15) is 37.0 Å². The molecule has 0 saturated heterocycles. The third kappa shape index (κ3) is 5.05. The van der Waals surface area contributed by atoms with Crippen LogP contribution < -0.4 is 15.8 Å². The molecular formula is C15H21F4N3O2. The van der Waals surface area contributed by atoms with Crippen LogP contribution in [0.2, 0.25) is 0 Å². The molecule has 9 heteroatoms. The van der Waals surface area contributed by atoms with Gasteiger partial charge in [-0.05, 0) is 18.9 Å². The molecule has 0 aromatic carbocycles. The molecule has 0 saturated carbocycles. The summed E-state index contributed by atoms with van der Waals surface area (Å²) in [6.45, 7) is 2.57. The fraction of sp³-hybridized carbons (Fsp3) is 0.600. The van der Waals surface area contributed by atoms with E-state index in [1.54, 1.807) is 0 Å². The first-order valence-electron chi connectivity index (χ1n) is 7.47. The molecule has 0 bridgehead atoms. The largest absolute Gasteiger partial charge is 0.471 e. The lowest BCUT2D eigenvalue weighted by molar-refractivity contribution is -0.148. The molecule has 0 unspecified atom stereocenters. The molecule has 1 aromatic heterocycles. The lowest BCUT2D eigenvalue weighted by atomic mass is 9.92. The quantitative estimate of drug-likeness (QED) is 0.671. The van der Waals surface area contributed by atoms with Gasteiger partial charge in [0.2, 0.25) is 5.88 Å². The number of amides is 1. The topological polar surface area (TPSA) is 77.2 Å². The number of nitrogens with zero attached hydrogens (tertiary/aromatic N) is 1. The van der Waals surface area contributed by atoms with Gasteiger partial charge in [0.1, 0.15) is 0 Å². The highest BCUT2D eigenvalue weighted by Gasteiger charge is 2.41. The number of hydrogen-bond acceptors (Lipinski definition) is 4. The minimum Gasteiger partial charge on any atom is -0.471 e. The molecule has 24 heavy (non-hydrogen) atoms. The molecule has 5 nitrogen and oxygen atoms in total. The van der Waals surface area contributed by atoms with Crippen LogP contribution >= 0.6 is 0 Å². The van der Waals surface area contributed by atoms with Crippen molar-refractivity contribution < 1.29 is 27.1 Å². The number of nitrogens with two attached hydrogens (primary N) is 1. The zero-order valence-corrected chi connectivity index (χ0v) is 13.5. The van der Waals surface area contributed by atoms with Crippen LogP contribution in [0.4, 0.5) is 17.6 Å². The lowest BCUT2D eigenvalue weighted by Crippen LogP contribution is -2.52. The van der Waals surface area contributed by atoms with E-state index in [1.165, 1.54) is 12.1 Å². The van der Waals surface area contributed by atoms with E-state index in [0.717, 1.165) is 6.20 Å². The molecule has 0 spiro atoms. The van der Waals surface area contributed by atoms with Gasteiger partial charge in [0.05, 0.1) is 11.1 Å². The summed E-state index contributed by atoms with van der Waals surface area (Å²) >= 11 is 0. The van der Waals surface area contributed by atoms with E-state index < -0.39 is 30.4 Å². The SMILES string of the molecule is CCC(CC)(CN)NC(=O)c1ccc(OCC(F)(F)C(F)F)nc1. The number of alkyl halides is 4. The van der Waals surface area contributed by atoms with Crippen LogP contribution in [0, 0.1) is 0 Å². The van der Waals surface area contributed by atoms with Crippen LogP contribution in [0.25, 0.3) is 0 Å². The number of carbonyl (C=O) groups excluding carboxylic acids is 1. The van der Waals surface area contributed by atoms with Gasteiger partial charge in [0, 0.05) is 18.8 Å². The van der Waals surface area contributed by atoms with Gasteiger partial charge < -0.3 is 15.8 Å². The highest BCUT2D eigenvalue weighted by Crippen LogP contribution is 2.23. The summed E-state index contributed by atoms with van der Waals surface area (Å²) in [4.78, 5) is 15.9. The molecule has 136 valence electrons. The first-order chi connectivity index (χ1) is 11.2. The maximum atomic E-state index is 12.8. The minimum absolute atomic E-state index is 0.183. The number of rotatable bonds is 9. The van der Waals surface area contributed by atoms with E-state index in [0.29, 0.717) is 12.8 Å². The minimum atomic E-state index is -4.26. The predicted molar refractivity (Wildman–Crippen MR) is 80.5 cm³/mol. The van der Waals surface area contributed by atoms with Gasteiger partial charge in [-0.2, -0.15) is 8.78 Å². The van der Waals surface area contributed by atoms with E-state index in [9.17, 15) is 22.4 Å².